The number of halogens is 6. The van der Waals surface area contributed by atoms with E-state index in [4.69, 9.17) is 4.74 Å². The van der Waals surface area contributed by atoms with Gasteiger partial charge in [-0.15, -0.1) is 0 Å². The summed E-state index contributed by atoms with van der Waals surface area (Å²) in [5.74, 6) is -1.41. The highest BCUT2D eigenvalue weighted by Crippen LogP contribution is 2.38. The van der Waals surface area contributed by atoms with E-state index in [0.29, 0.717) is 12.1 Å². The first-order valence-electron chi connectivity index (χ1n) is 14.4. The van der Waals surface area contributed by atoms with Crippen molar-refractivity contribution >= 4 is 22.8 Å². The maximum Gasteiger partial charge on any atom is 0.416 e. The van der Waals surface area contributed by atoms with Crippen LogP contribution in [0.3, 0.4) is 0 Å². The fraction of sp³-hybridized carbons (Fsp3) is 0.333. The quantitative estimate of drug-likeness (QED) is 0.152. The number of hydrogen-bond donors (Lipinski definition) is 2. The molecule has 2 N–H and O–H groups in total. The number of fused-ring (bicyclic) bond motifs is 1. The molecule has 4 aromatic rings. The number of para-hydroxylation sites is 1. The van der Waals surface area contributed by atoms with E-state index >= 15 is 0 Å². The summed E-state index contributed by atoms with van der Waals surface area (Å²) in [4.78, 5) is 31.2. The molecule has 45 heavy (non-hydrogen) atoms. The fourth-order valence-electron chi connectivity index (χ4n) is 5.87. The molecule has 1 aromatic heterocycles. The predicted molar refractivity (Wildman–Crippen MR) is 155 cm³/mol. The van der Waals surface area contributed by atoms with E-state index in [2.05, 4.69) is 10.3 Å². The third kappa shape index (κ3) is 7.50. The van der Waals surface area contributed by atoms with Crippen LogP contribution in [0.5, 0.6) is 0 Å². The van der Waals surface area contributed by atoms with E-state index in [9.17, 15) is 35.9 Å². The number of ether oxygens (including phenoxy) is 1. The molecule has 5 rings (SSSR count). The molecule has 0 radical (unpaired) electrons. The predicted octanol–water partition coefficient (Wildman–Crippen LogP) is 7.15. The number of amides is 1. The molecule has 1 fully saturated rings. The molecule has 1 amide bonds. The minimum absolute atomic E-state index is 0.00623. The smallest absolute Gasteiger partial charge is 0.416 e. The number of alkyl halides is 6. The standard InChI is InChI=1S/C33H31F6N3O3/c34-32(35,36)25-15-23(16-26(17-25)33(37,38)39)30(44)42-14-13-40-21-31(42,18-24-19-41-28-10-5-4-9-27(24)28)12-6-11-29(43)45-20-22-7-2-1-3-8-22/h1-5,7-10,15-17,19,40-41H,6,11-14,18,20-21H2. The topological polar surface area (TPSA) is 74.4 Å². The number of H-pyrrole nitrogens is 1. The monoisotopic (exact) mass is 631 g/mol. The third-order valence-electron chi connectivity index (χ3n) is 8.08. The van der Waals surface area contributed by atoms with E-state index in [1.807, 2.05) is 54.6 Å². The molecule has 0 aliphatic carbocycles. The number of nitrogens with one attached hydrogen (secondary N) is 2. The number of nitrogens with zero attached hydrogens (tertiary/aromatic N) is 1. The Morgan fingerprint density at radius 1 is 0.889 bits per heavy atom. The minimum atomic E-state index is -5.10. The number of benzene rings is 3. The lowest BCUT2D eigenvalue weighted by Gasteiger charge is -2.48. The van der Waals surface area contributed by atoms with Crippen LogP contribution in [-0.2, 0) is 34.9 Å². The minimum Gasteiger partial charge on any atom is -0.461 e. The Morgan fingerprint density at radius 3 is 2.24 bits per heavy atom. The number of hydrogen-bond acceptors (Lipinski definition) is 4. The van der Waals surface area contributed by atoms with Crippen LogP contribution in [0.4, 0.5) is 26.3 Å². The number of rotatable bonds is 9. The summed E-state index contributed by atoms with van der Waals surface area (Å²) < 4.78 is 87.3. The van der Waals surface area contributed by atoms with Gasteiger partial charge in [-0.25, -0.2) is 0 Å². The lowest BCUT2D eigenvalue weighted by atomic mass is 9.81. The van der Waals surface area contributed by atoms with Crippen LogP contribution in [0.15, 0.2) is 79.0 Å². The average Bonchev–Trinajstić information content (AvgIpc) is 3.41. The molecule has 1 aliphatic heterocycles. The largest absolute Gasteiger partial charge is 0.461 e. The average molecular weight is 632 g/mol. The van der Waals surface area contributed by atoms with Crippen LogP contribution >= 0.6 is 0 Å². The van der Waals surface area contributed by atoms with Gasteiger partial charge in [0.1, 0.15) is 6.61 Å². The van der Waals surface area contributed by atoms with Crippen molar-refractivity contribution in [1.29, 1.82) is 0 Å². The Balaban J connectivity index is 1.46. The lowest BCUT2D eigenvalue weighted by Crippen LogP contribution is -2.64. The molecule has 6 nitrogen and oxygen atoms in total. The Bertz CT molecular complexity index is 1620. The Kier molecular flexibility index (Phi) is 9.24. The van der Waals surface area contributed by atoms with Crippen molar-refractivity contribution in [3.63, 3.8) is 0 Å². The third-order valence-corrected chi connectivity index (χ3v) is 8.08. The molecule has 1 unspecified atom stereocenters. The summed E-state index contributed by atoms with van der Waals surface area (Å²) in [5.41, 5.74) is -2.43. The van der Waals surface area contributed by atoms with E-state index in [-0.39, 0.29) is 58.0 Å². The van der Waals surface area contributed by atoms with Crippen molar-refractivity contribution in [2.75, 3.05) is 19.6 Å². The van der Waals surface area contributed by atoms with Crippen molar-refractivity contribution in [1.82, 2.24) is 15.2 Å². The van der Waals surface area contributed by atoms with Gasteiger partial charge in [0.15, 0.2) is 0 Å². The SMILES string of the molecule is O=C(CCCC1(Cc2c[nH]c3ccccc23)CNCCN1C(=O)c1cc(C(F)(F)F)cc(C(F)(F)F)c1)OCc1ccccc1. The molecule has 3 aromatic carbocycles. The zero-order valence-electron chi connectivity index (χ0n) is 24.1. The number of aromatic nitrogens is 1. The van der Waals surface area contributed by atoms with Crippen molar-refractivity contribution < 1.29 is 40.7 Å². The lowest BCUT2D eigenvalue weighted by molar-refractivity contribution is -0.145. The first-order valence-corrected chi connectivity index (χ1v) is 14.4. The van der Waals surface area contributed by atoms with E-state index in [1.54, 1.807) is 6.20 Å². The van der Waals surface area contributed by atoms with Gasteiger partial charge in [-0.3, -0.25) is 9.59 Å². The molecular weight excluding hydrogens is 600 g/mol. The van der Waals surface area contributed by atoms with Gasteiger partial charge in [0.2, 0.25) is 0 Å². The summed E-state index contributed by atoms with van der Waals surface area (Å²) >= 11 is 0. The second-order valence-electron chi connectivity index (χ2n) is 11.2. The maximum atomic E-state index is 14.0. The van der Waals surface area contributed by atoms with Gasteiger partial charge >= 0.3 is 18.3 Å². The molecule has 238 valence electrons. The maximum absolute atomic E-state index is 14.0. The number of carbonyl (C=O) groups is 2. The van der Waals surface area contributed by atoms with Gasteiger partial charge < -0.3 is 19.9 Å². The first-order chi connectivity index (χ1) is 21.4. The van der Waals surface area contributed by atoms with Crippen LogP contribution in [0.1, 0.15) is 51.9 Å². The summed E-state index contributed by atoms with van der Waals surface area (Å²) in [7, 11) is 0. The number of carbonyl (C=O) groups excluding carboxylic acids is 2. The highest BCUT2D eigenvalue weighted by Gasteiger charge is 2.44. The number of aromatic amines is 1. The van der Waals surface area contributed by atoms with Crippen molar-refractivity contribution in [2.45, 2.75) is 50.2 Å². The van der Waals surface area contributed by atoms with E-state index in [1.165, 1.54) is 4.90 Å². The molecule has 1 saturated heterocycles. The summed E-state index contributed by atoms with van der Waals surface area (Å²) in [6, 6.07) is 17.5. The fourth-order valence-corrected chi connectivity index (χ4v) is 5.87. The van der Waals surface area contributed by atoms with Gasteiger partial charge in [-0.2, -0.15) is 26.3 Å². The van der Waals surface area contributed by atoms with Gasteiger partial charge in [0.05, 0.1) is 16.7 Å². The van der Waals surface area contributed by atoms with Crippen LogP contribution in [0.25, 0.3) is 10.9 Å². The normalized spacial score (nSPS) is 17.4. The molecule has 0 bridgehead atoms. The molecule has 2 heterocycles. The van der Waals surface area contributed by atoms with Gasteiger partial charge in [0.25, 0.3) is 5.91 Å². The Labute approximate surface area is 255 Å². The molecule has 0 spiro atoms. The zero-order chi connectivity index (χ0) is 32.2. The molecular formula is C33H31F6N3O3. The summed E-state index contributed by atoms with van der Waals surface area (Å²) in [6.45, 7) is 0.620. The van der Waals surface area contributed by atoms with Crippen molar-refractivity contribution in [3.8, 4) is 0 Å². The second-order valence-corrected chi connectivity index (χ2v) is 11.2. The Morgan fingerprint density at radius 2 is 1.56 bits per heavy atom. The van der Waals surface area contributed by atoms with Crippen LogP contribution < -0.4 is 5.32 Å². The summed E-state index contributed by atoms with van der Waals surface area (Å²) in [6.07, 6.45) is -7.67. The number of esters is 1. The molecule has 1 aliphatic rings. The van der Waals surface area contributed by atoms with Crippen molar-refractivity contribution in [3.05, 3.63) is 107 Å². The number of piperazine rings is 1. The first kappa shape index (κ1) is 32.1. The molecule has 12 heteroatoms. The molecule has 0 saturated carbocycles. The van der Waals surface area contributed by atoms with Crippen LogP contribution in [0.2, 0.25) is 0 Å². The zero-order valence-corrected chi connectivity index (χ0v) is 24.1. The summed E-state index contributed by atoms with van der Waals surface area (Å²) in [5, 5.41) is 4.12. The van der Waals surface area contributed by atoms with Crippen molar-refractivity contribution in [2.24, 2.45) is 0 Å². The van der Waals surface area contributed by atoms with Gasteiger partial charge in [-0.1, -0.05) is 48.5 Å². The second kappa shape index (κ2) is 13.0. The highest BCUT2D eigenvalue weighted by atomic mass is 19.4. The van der Waals surface area contributed by atoms with E-state index in [0.717, 1.165) is 22.0 Å². The van der Waals surface area contributed by atoms with E-state index < -0.39 is 46.5 Å². The Hall–Kier alpha value is -4.32. The van der Waals surface area contributed by atoms with Crippen LogP contribution in [0, 0.1) is 0 Å². The van der Waals surface area contributed by atoms with Crippen LogP contribution in [-0.4, -0.2) is 46.9 Å². The van der Waals surface area contributed by atoms with Gasteiger partial charge in [0, 0.05) is 48.7 Å². The highest BCUT2D eigenvalue weighted by molar-refractivity contribution is 5.95. The van der Waals surface area contributed by atoms with Gasteiger partial charge in [-0.05, 0) is 54.7 Å². The molecule has 1 atom stereocenters.